The van der Waals surface area contributed by atoms with Gasteiger partial charge in [-0.25, -0.2) is 0 Å². The molecule has 0 radical (unpaired) electrons. The molecule has 0 amide bonds. The van der Waals surface area contributed by atoms with Crippen LogP contribution in [0.2, 0.25) is 0 Å². The van der Waals surface area contributed by atoms with Crippen molar-refractivity contribution in [3.63, 3.8) is 0 Å². The van der Waals surface area contributed by atoms with Crippen LogP contribution in [0.5, 0.6) is 0 Å². The smallest absolute Gasteiger partial charge is 0.0504 e. The lowest BCUT2D eigenvalue weighted by atomic mass is 9.95. The van der Waals surface area contributed by atoms with Crippen LogP contribution in [0.1, 0.15) is 31.2 Å². The lowest BCUT2D eigenvalue weighted by Crippen LogP contribution is -2.33. The largest absolute Gasteiger partial charge is 0.398 e. The van der Waals surface area contributed by atoms with Crippen LogP contribution >= 0.6 is 47.8 Å². The standard InChI is InChI=1S/C13H17Br3N2/c14-9-1-3-11(4-2-9)18-7-8-5-10(15)6-12(16)13(8)17/h5-6,9,11,18H,1-4,7,17H2/t9-,11-. The number of hydrogen-bond acceptors (Lipinski definition) is 2. The molecular formula is C13H17Br3N2. The highest BCUT2D eigenvalue weighted by Gasteiger charge is 2.18. The van der Waals surface area contributed by atoms with Gasteiger partial charge < -0.3 is 11.1 Å². The van der Waals surface area contributed by atoms with Gasteiger partial charge in [0.1, 0.15) is 0 Å². The van der Waals surface area contributed by atoms with E-state index < -0.39 is 0 Å². The van der Waals surface area contributed by atoms with E-state index in [1.165, 1.54) is 25.7 Å². The molecule has 1 aromatic carbocycles. The fourth-order valence-corrected chi connectivity index (χ4v) is 4.14. The maximum Gasteiger partial charge on any atom is 0.0504 e. The summed E-state index contributed by atoms with van der Waals surface area (Å²) in [7, 11) is 0. The molecule has 3 N–H and O–H groups in total. The van der Waals surface area contributed by atoms with Crippen molar-refractivity contribution in [1.29, 1.82) is 0 Å². The molecule has 0 bridgehead atoms. The molecule has 1 aromatic rings. The molecule has 0 saturated heterocycles. The Hall–Kier alpha value is 0.420. The second kappa shape index (κ2) is 6.73. The van der Waals surface area contributed by atoms with Crippen LogP contribution in [-0.4, -0.2) is 10.9 Å². The lowest BCUT2D eigenvalue weighted by molar-refractivity contribution is 0.381. The molecule has 1 fully saturated rings. The Bertz CT molecular complexity index is 415. The number of nitrogen functional groups attached to an aromatic ring is 1. The van der Waals surface area contributed by atoms with E-state index in [1.807, 2.05) is 6.07 Å². The Balaban J connectivity index is 1.94. The van der Waals surface area contributed by atoms with Gasteiger partial charge in [0.2, 0.25) is 0 Å². The van der Waals surface area contributed by atoms with Gasteiger partial charge in [0.05, 0.1) is 5.69 Å². The van der Waals surface area contributed by atoms with E-state index in [-0.39, 0.29) is 0 Å². The molecular weight excluding hydrogens is 424 g/mol. The van der Waals surface area contributed by atoms with E-state index in [0.29, 0.717) is 10.9 Å². The summed E-state index contributed by atoms with van der Waals surface area (Å²) in [5, 5.41) is 3.61. The fraction of sp³-hybridized carbons (Fsp3) is 0.538. The Kier molecular flexibility index (Phi) is 5.54. The minimum absolute atomic E-state index is 0.621. The zero-order valence-corrected chi connectivity index (χ0v) is 14.8. The third-order valence-electron chi connectivity index (χ3n) is 3.42. The number of benzene rings is 1. The van der Waals surface area contributed by atoms with E-state index >= 15 is 0 Å². The number of rotatable bonds is 3. The average Bonchev–Trinajstić information content (AvgIpc) is 2.34. The third-order valence-corrected chi connectivity index (χ3v) is 5.45. The van der Waals surface area contributed by atoms with Crippen LogP contribution in [0.15, 0.2) is 21.1 Å². The van der Waals surface area contributed by atoms with Crippen molar-refractivity contribution in [3.05, 3.63) is 26.6 Å². The maximum atomic E-state index is 6.07. The Morgan fingerprint density at radius 2 is 1.83 bits per heavy atom. The van der Waals surface area contributed by atoms with Crippen molar-refractivity contribution in [2.45, 2.75) is 43.1 Å². The number of nitrogens with two attached hydrogens (primary N) is 1. The molecule has 1 aliphatic rings. The number of alkyl halides is 1. The van der Waals surface area contributed by atoms with Gasteiger partial charge in [-0.05, 0) is 59.3 Å². The van der Waals surface area contributed by atoms with E-state index in [2.05, 4.69) is 59.2 Å². The van der Waals surface area contributed by atoms with Gasteiger partial charge in [-0.1, -0.05) is 31.9 Å². The summed E-state index contributed by atoms with van der Waals surface area (Å²) in [5.74, 6) is 0. The summed E-state index contributed by atoms with van der Waals surface area (Å²) in [4.78, 5) is 0.709. The Morgan fingerprint density at radius 3 is 2.50 bits per heavy atom. The normalized spacial score (nSPS) is 24.2. The predicted octanol–water partition coefficient (Wildman–Crippen LogP) is 4.59. The summed E-state index contributed by atoms with van der Waals surface area (Å²) in [6, 6.07) is 4.69. The van der Waals surface area contributed by atoms with Crippen molar-refractivity contribution in [3.8, 4) is 0 Å². The highest BCUT2D eigenvalue weighted by atomic mass is 79.9. The molecule has 2 nitrogen and oxygen atoms in total. The maximum absolute atomic E-state index is 6.07. The number of nitrogens with one attached hydrogen (secondary N) is 1. The topological polar surface area (TPSA) is 38.0 Å². The lowest BCUT2D eigenvalue weighted by Gasteiger charge is -2.26. The highest BCUT2D eigenvalue weighted by Crippen LogP contribution is 2.29. The van der Waals surface area contributed by atoms with Gasteiger partial charge in [0.25, 0.3) is 0 Å². The fourth-order valence-electron chi connectivity index (χ4n) is 2.30. The van der Waals surface area contributed by atoms with E-state index in [9.17, 15) is 0 Å². The van der Waals surface area contributed by atoms with E-state index in [1.54, 1.807) is 0 Å². The van der Waals surface area contributed by atoms with Crippen LogP contribution < -0.4 is 11.1 Å². The van der Waals surface area contributed by atoms with Crippen LogP contribution in [0.4, 0.5) is 5.69 Å². The number of hydrogen-bond donors (Lipinski definition) is 2. The summed E-state index contributed by atoms with van der Waals surface area (Å²) in [6.45, 7) is 0.835. The molecule has 2 rings (SSSR count). The first-order valence-electron chi connectivity index (χ1n) is 6.17. The molecule has 5 heteroatoms. The first-order chi connectivity index (χ1) is 8.56. The molecule has 0 spiro atoms. The van der Waals surface area contributed by atoms with E-state index in [4.69, 9.17) is 5.73 Å². The molecule has 1 aliphatic carbocycles. The van der Waals surface area contributed by atoms with Gasteiger partial charge in [-0.3, -0.25) is 0 Å². The van der Waals surface area contributed by atoms with Crippen molar-refractivity contribution < 1.29 is 0 Å². The average molecular weight is 441 g/mol. The van der Waals surface area contributed by atoms with Gasteiger partial charge in [-0.2, -0.15) is 0 Å². The second-order valence-corrected chi connectivity index (χ2v) is 7.86. The molecule has 18 heavy (non-hydrogen) atoms. The molecule has 0 unspecified atom stereocenters. The molecule has 100 valence electrons. The van der Waals surface area contributed by atoms with Gasteiger partial charge in [-0.15, -0.1) is 0 Å². The SMILES string of the molecule is Nc1c(Br)cc(Br)cc1CN[C@H]1CC[C@H](Br)CC1. The van der Waals surface area contributed by atoms with Gasteiger partial charge in [0, 0.05) is 26.4 Å². The summed E-state index contributed by atoms with van der Waals surface area (Å²) in [5.41, 5.74) is 8.06. The monoisotopic (exact) mass is 438 g/mol. The quantitative estimate of drug-likeness (QED) is 0.533. The summed E-state index contributed by atoms with van der Waals surface area (Å²) < 4.78 is 2.02. The minimum atomic E-state index is 0.621. The zero-order valence-electron chi connectivity index (χ0n) is 10.1. The molecule has 0 aliphatic heterocycles. The molecule has 0 heterocycles. The number of halogens is 3. The number of anilines is 1. The first kappa shape index (κ1) is 14.8. The third kappa shape index (κ3) is 3.95. The predicted molar refractivity (Wildman–Crippen MR) is 88.1 cm³/mol. The molecule has 0 aromatic heterocycles. The second-order valence-electron chi connectivity index (χ2n) is 4.79. The van der Waals surface area contributed by atoms with E-state index in [0.717, 1.165) is 26.7 Å². The molecule has 1 saturated carbocycles. The van der Waals surface area contributed by atoms with Crippen molar-refractivity contribution in [2.24, 2.45) is 0 Å². The van der Waals surface area contributed by atoms with Crippen LogP contribution in [0.3, 0.4) is 0 Å². The van der Waals surface area contributed by atoms with Crippen molar-refractivity contribution in [2.75, 3.05) is 5.73 Å². The Labute approximate surface area is 133 Å². The minimum Gasteiger partial charge on any atom is -0.398 e. The summed E-state index contributed by atoms with van der Waals surface area (Å²) in [6.07, 6.45) is 5.00. The zero-order chi connectivity index (χ0) is 13.1. The van der Waals surface area contributed by atoms with Crippen LogP contribution in [0.25, 0.3) is 0 Å². The van der Waals surface area contributed by atoms with Crippen LogP contribution in [-0.2, 0) is 6.54 Å². The van der Waals surface area contributed by atoms with Crippen LogP contribution in [0, 0.1) is 0 Å². The van der Waals surface area contributed by atoms with Crippen molar-refractivity contribution in [1.82, 2.24) is 5.32 Å². The van der Waals surface area contributed by atoms with Crippen molar-refractivity contribution >= 4 is 53.5 Å². The highest BCUT2D eigenvalue weighted by molar-refractivity contribution is 9.11. The van der Waals surface area contributed by atoms with Gasteiger partial charge >= 0.3 is 0 Å². The summed E-state index contributed by atoms with van der Waals surface area (Å²) >= 11 is 10.7. The Morgan fingerprint density at radius 1 is 1.17 bits per heavy atom. The first-order valence-corrected chi connectivity index (χ1v) is 8.67. The van der Waals surface area contributed by atoms with Gasteiger partial charge in [0.15, 0.2) is 0 Å². The molecule has 0 atom stereocenters.